The zero-order chi connectivity index (χ0) is 20.9. The van der Waals surface area contributed by atoms with Crippen LogP contribution in [0.3, 0.4) is 0 Å². The Bertz CT molecular complexity index is 1090. The molecule has 1 heterocycles. The maximum absolute atomic E-state index is 12.7. The largest absolute Gasteiger partial charge is 0.493 e. The van der Waals surface area contributed by atoms with Crippen molar-refractivity contribution in [1.29, 1.82) is 0 Å². The first-order chi connectivity index (χ1) is 14.7. The van der Waals surface area contributed by atoms with Crippen LogP contribution in [0.4, 0.5) is 0 Å². The number of hydrogen-bond acceptors (Lipinski definition) is 5. The van der Waals surface area contributed by atoms with Crippen molar-refractivity contribution in [2.75, 3.05) is 19.8 Å². The van der Waals surface area contributed by atoms with Gasteiger partial charge in [0.1, 0.15) is 23.8 Å². The molecule has 0 bridgehead atoms. The van der Waals surface area contributed by atoms with E-state index < -0.39 is 5.97 Å². The van der Waals surface area contributed by atoms with E-state index in [0.717, 1.165) is 40.3 Å². The topological polar surface area (TPSA) is 77.6 Å². The summed E-state index contributed by atoms with van der Waals surface area (Å²) in [7, 11) is 0. The fourth-order valence-corrected chi connectivity index (χ4v) is 3.47. The van der Waals surface area contributed by atoms with Gasteiger partial charge in [0.05, 0.1) is 13.2 Å². The van der Waals surface area contributed by atoms with E-state index in [1.54, 1.807) is 6.92 Å². The third-order valence-electron chi connectivity index (χ3n) is 5.13. The second kappa shape index (κ2) is 9.03. The summed E-state index contributed by atoms with van der Waals surface area (Å²) in [5, 5.41) is 1.69. The van der Waals surface area contributed by atoms with Crippen molar-refractivity contribution in [2.45, 2.75) is 26.2 Å². The predicted molar refractivity (Wildman–Crippen MR) is 113 cm³/mol. The number of H-pyrrole nitrogens is 1. The molecule has 156 valence electrons. The van der Waals surface area contributed by atoms with Crippen LogP contribution in [-0.2, 0) is 14.3 Å². The van der Waals surface area contributed by atoms with Gasteiger partial charge in [0, 0.05) is 22.6 Å². The number of hydrogen-bond donors (Lipinski definition) is 1. The number of benzene rings is 1. The summed E-state index contributed by atoms with van der Waals surface area (Å²) < 4.78 is 16.7. The highest BCUT2D eigenvalue weighted by Gasteiger charge is 2.23. The van der Waals surface area contributed by atoms with E-state index in [1.807, 2.05) is 42.5 Å². The molecule has 4 rings (SSSR count). The van der Waals surface area contributed by atoms with Crippen LogP contribution in [0, 0.1) is 5.92 Å². The summed E-state index contributed by atoms with van der Waals surface area (Å²) in [6.45, 7) is 2.82. The Labute approximate surface area is 174 Å². The lowest BCUT2D eigenvalue weighted by Gasteiger charge is -2.09. The molecule has 2 aromatic rings. The zero-order valence-electron chi connectivity index (χ0n) is 17.0. The van der Waals surface area contributed by atoms with E-state index in [2.05, 4.69) is 4.98 Å². The van der Waals surface area contributed by atoms with Gasteiger partial charge in [0.2, 0.25) is 0 Å². The minimum absolute atomic E-state index is 0.0166. The standard InChI is InChI=1S/C24H25NO5/c1-2-28-24(27)23-22(17-4-3-5-19(14-17)30-15-16-6-7-16)20-10-8-18(29-13-12-26)9-11-21(20)25-23/h3-5,9-12,14,16,25H,2,6-8,13,15H2,1H3. The summed E-state index contributed by atoms with van der Waals surface area (Å²) in [6, 6.07) is 7.80. The lowest BCUT2D eigenvalue weighted by molar-refractivity contribution is -0.110. The molecule has 0 atom stereocenters. The Balaban J connectivity index is 1.75. The Kier molecular flexibility index (Phi) is 6.02. The highest BCUT2D eigenvalue weighted by atomic mass is 16.5. The van der Waals surface area contributed by atoms with Crippen molar-refractivity contribution in [3.05, 3.63) is 52.4 Å². The van der Waals surface area contributed by atoms with Gasteiger partial charge in [-0.1, -0.05) is 18.2 Å². The number of carbonyl (C=O) groups excluding carboxylic acids is 2. The van der Waals surface area contributed by atoms with Crippen molar-refractivity contribution < 1.29 is 23.8 Å². The molecule has 30 heavy (non-hydrogen) atoms. The number of aldehydes is 1. The summed E-state index contributed by atoms with van der Waals surface area (Å²) in [5.74, 6) is 1.74. The van der Waals surface area contributed by atoms with E-state index in [0.29, 0.717) is 30.4 Å². The first-order valence-corrected chi connectivity index (χ1v) is 10.3. The van der Waals surface area contributed by atoms with Crippen molar-refractivity contribution >= 4 is 24.4 Å². The summed E-state index contributed by atoms with van der Waals surface area (Å²) in [4.78, 5) is 26.5. The van der Waals surface area contributed by atoms with E-state index in [-0.39, 0.29) is 6.61 Å². The number of rotatable bonds is 9. The third-order valence-corrected chi connectivity index (χ3v) is 5.13. The predicted octanol–water partition coefficient (Wildman–Crippen LogP) is 2.71. The molecule has 1 aromatic carbocycles. The number of ether oxygens (including phenoxy) is 3. The van der Waals surface area contributed by atoms with Crippen LogP contribution in [0.5, 0.6) is 5.75 Å². The van der Waals surface area contributed by atoms with Gasteiger partial charge >= 0.3 is 5.97 Å². The summed E-state index contributed by atoms with van der Waals surface area (Å²) in [5.41, 5.74) is 2.08. The number of allylic oxidation sites excluding steroid dienone is 2. The molecule has 6 nitrogen and oxygen atoms in total. The summed E-state index contributed by atoms with van der Waals surface area (Å²) in [6.07, 6.45) is 9.37. The number of aromatic nitrogens is 1. The molecule has 1 fully saturated rings. The molecule has 0 amide bonds. The molecule has 6 heteroatoms. The minimum Gasteiger partial charge on any atom is -0.493 e. The van der Waals surface area contributed by atoms with Crippen LogP contribution >= 0.6 is 0 Å². The number of carbonyl (C=O) groups is 2. The van der Waals surface area contributed by atoms with Crippen molar-refractivity contribution in [1.82, 2.24) is 4.98 Å². The fraction of sp³-hybridized carbons (Fsp3) is 0.333. The van der Waals surface area contributed by atoms with Crippen molar-refractivity contribution in [2.24, 2.45) is 5.92 Å². The van der Waals surface area contributed by atoms with Crippen LogP contribution in [-0.4, -0.2) is 37.1 Å². The maximum atomic E-state index is 12.7. The molecular weight excluding hydrogens is 382 g/mol. The molecule has 0 saturated heterocycles. The molecule has 1 saturated carbocycles. The van der Waals surface area contributed by atoms with Crippen molar-refractivity contribution in [3.63, 3.8) is 0 Å². The molecule has 1 aromatic heterocycles. The second-order valence-electron chi connectivity index (χ2n) is 7.39. The Hall–Kier alpha value is -3.28. The first kappa shape index (κ1) is 20.0. The molecule has 0 radical (unpaired) electrons. The van der Waals surface area contributed by atoms with Gasteiger partial charge in [-0.3, -0.25) is 4.79 Å². The number of esters is 1. The molecule has 0 aliphatic heterocycles. The minimum atomic E-state index is -0.395. The van der Waals surface area contributed by atoms with Gasteiger partial charge in [-0.05, 0) is 55.5 Å². The first-order valence-electron chi connectivity index (χ1n) is 10.3. The summed E-state index contributed by atoms with van der Waals surface area (Å²) >= 11 is 0. The highest BCUT2D eigenvalue weighted by Crippen LogP contribution is 2.30. The molecule has 2 aliphatic rings. The third kappa shape index (κ3) is 4.48. The van der Waals surface area contributed by atoms with Crippen molar-refractivity contribution in [3.8, 4) is 16.9 Å². The molecule has 1 N–H and O–H groups in total. The lowest BCUT2D eigenvalue weighted by Crippen LogP contribution is -2.22. The van der Waals surface area contributed by atoms with Gasteiger partial charge < -0.3 is 19.2 Å². The van der Waals surface area contributed by atoms with Crippen LogP contribution in [0.2, 0.25) is 0 Å². The van der Waals surface area contributed by atoms with Gasteiger partial charge in [0.25, 0.3) is 0 Å². The van der Waals surface area contributed by atoms with Gasteiger partial charge in [-0.25, -0.2) is 4.79 Å². The van der Waals surface area contributed by atoms with E-state index in [1.165, 1.54) is 12.8 Å². The van der Waals surface area contributed by atoms with E-state index in [9.17, 15) is 9.59 Å². The quantitative estimate of drug-likeness (QED) is 0.511. The van der Waals surface area contributed by atoms with Gasteiger partial charge in [-0.2, -0.15) is 0 Å². The monoisotopic (exact) mass is 407 g/mol. The number of aromatic amines is 1. The van der Waals surface area contributed by atoms with Crippen LogP contribution in [0.25, 0.3) is 23.3 Å². The Morgan fingerprint density at radius 2 is 2.10 bits per heavy atom. The molecule has 0 spiro atoms. The number of fused-ring (bicyclic) bond motifs is 1. The Morgan fingerprint density at radius 3 is 2.87 bits per heavy atom. The Morgan fingerprint density at radius 1 is 1.23 bits per heavy atom. The molecular formula is C24H25NO5. The average molecular weight is 407 g/mol. The fourth-order valence-electron chi connectivity index (χ4n) is 3.47. The average Bonchev–Trinajstić information content (AvgIpc) is 3.55. The lowest BCUT2D eigenvalue weighted by atomic mass is 10.0. The van der Waals surface area contributed by atoms with Crippen LogP contribution < -0.4 is 15.3 Å². The van der Waals surface area contributed by atoms with Crippen LogP contribution in [0.1, 0.15) is 36.7 Å². The van der Waals surface area contributed by atoms with Crippen LogP contribution in [0.15, 0.2) is 36.1 Å². The van der Waals surface area contributed by atoms with E-state index >= 15 is 0 Å². The molecule has 0 unspecified atom stereocenters. The maximum Gasteiger partial charge on any atom is 0.355 e. The zero-order valence-corrected chi connectivity index (χ0v) is 17.0. The SMILES string of the molecule is CCOC(=O)c1[nH]c2c(c1-c1cccc(OCC3CC3)c1)=CCC(OCC=O)=CC=2. The van der Waals surface area contributed by atoms with Gasteiger partial charge in [0.15, 0.2) is 6.29 Å². The van der Waals surface area contributed by atoms with Gasteiger partial charge in [-0.15, -0.1) is 0 Å². The highest BCUT2D eigenvalue weighted by molar-refractivity contribution is 5.96. The second-order valence-corrected chi connectivity index (χ2v) is 7.39. The smallest absolute Gasteiger partial charge is 0.355 e. The normalized spacial score (nSPS) is 15.0. The number of nitrogens with one attached hydrogen (secondary N) is 1. The molecule has 2 aliphatic carbocycles. The van der Waals surface area contributed by atoms with E-state index in [4.69, 9.17) is 14.2 Å².